The summed E-state index contributed by atoms with van der Waals surface area (Å²) in [6.45, 7) is 5.09. The minimum atomic E-state index is -3.68. The van der Waals surface area contributed by atoms with Crippen LogP contribution in [0.4, 0.5) is 10.5 Å². The van der Waals surface area contributed by atoms with Gasteiger partial charge in [-0.05, 0) is 94.0 Å². The SMILES string of the molecule is CC(C)N1CCCC1CS(=O)(=O)NC(=O)Nc1c2c(cc3c1CCC3)CCC2. The molecule has 0 aromatic heterocycles. The first-order valence-corrected chi connectivity index (χ1v) is 12.2. The molecule has 0 saturated carbocycles. The second kappa shape index (κ2) is 7.67. The standard InChI is InChI=1S/C21H31N3O3S/c1-14(2)24-11-5-8-17(24)13-28(26,27)23-21(25)22-20-18-9-3-6-15(18)12-16-7-4-10-19(16)20/h12,14,17H,3-11,13H2,1-2H3,(H2,22,23,25). The van der Waals surface area contributed by atoms with E-state index in [1.807, 2.05) is 0 Å². The molecule has 28 heavy (non-hydrogen) atoms. The van der Waals surface area contributed by atoms with Gasteiger partial charge in [0.1, 0.15) is 0 Å². The van der Waals surface area contributed by atoms with Crippen LogP contribution in [0, 0.1) is 0 Å². The number of sulfonamides is 1. The highest BCUT2D eigenvalue weighted by atomic mass is 32.2. The summed E-state index contributed by atoms with van der Waals surface area (Å²) in [5, 5.41) is 2.91. The molecule has 154 valence electrons. The molecule has 0 spiro atoms. The van der Waals surface area contributed by atoms with Crippen molar-refractivity contribution in [2.45, 2.75) is 77.3 Å². The maximum absolute atomic E-state index is 12.6. The van der Waals surface area contributed by atoms with Crippen molar-refractivity contribution in [1.29, 1.82) is 0 Å². The number of benzene rings is 1. The van der Waals surface area contributed by atoms with Crippen LogP contribution in [0.15, 0.2) is 6.07 Å². The van der Waals surface area contributed by atoms with Gasteiger partial charge in [0.2, 0.25) is 10.0 Å². The average molecular weight is 406 g/mol. The van der Waals surface area contributed by atoms with Gasteiger partial charge < -0.3 is 5.32 Å². The van der Waals surface area contributed by atoms with Crippen molar-refractivity contribution in [2.24, 2.45) is 0 Å². The molecule has 6 nitrogen and oxygen atoms in total. The Morgan fingerprint density at radius 3 is 2.36 bits per heavy atom. The normalized spacial score (nSPS) is 21.8. The molecule has 0 radical (unpaired) electrons. The zero-order valence-electron chi connectivity index (χ0n) is 16.9. The highest BCUT2D eigenvalue weighted by Crippen LogP contribution is 2.38. The van der Waals surface area contributed by atoms with Crippen molar-refractivity contribution in [3.8, 4) is 0 Å². The van der Waals surface area contributed by atoms with Gasteiger partial charge in [0.05, 0.1) is 5.75 Å². The van der Waals surface area contributed by atoms with E-state index in [2.05, 4.69) is 34.9 Å². The number of amides is 2. The molecule has 1 aliphatic heterocycles. The van der Waals surface area contributed by atoms with E-state index < -0.39 is 16.1 Å². The molecule has 1 saturated heterocycles. The summed E-state index contributed by atoms with van der Waals surface area (Å²) >= 11 is 0. The second-order valence-electron chi connectivity index (χ2n) is 8.70. The smallest absolute Gasteiger partial charge is 0.307 e. The number of anilines is 1. The van der Waals surface area contributed by atoms with Crippen molar-refractivity contribution in [2.75, 3.05) is 17.6 Å². The number of nitrogens with zero attached hydrogens (tertiary/aromatic N) is 1. The Balaban J connectivity index is 1.47. The molecule has 3 aliphatic rings. The zero-order chi connectivity index (χ0) is 19.9. The lowest BCUT2D eigenvalue weighted by Gasteiger charge is -2.28. The quantitative estimate of drug-likeness (QED) is 0.789. The monoisotopic (exact) mass is 405 g/mol. The second-order valence-corrected chi connectivity index (χ2v) is 10.5. The summed E-state index contributed by atoms with van der Waals surface area (Å²) in [7, 11) is -3.68. The van der Waals surface area contributed by atoms with Gasteiger partial charge in [0.15, 0.2) is 0 Å². The third-order valence-electron chi connectivity index (χ3n) is 6.46. The fraction of sp³-hybridized carbons (Fsp3) is 0.667. The van der Waals surface area contributed by atoms with Crippen molar-refractivity contribution < 1.29 is 13.2 Å². The third kappa shape index (κ3) is 3.92. The third-order valence-corrected chi connectivity index (χ3v) is 7.78. The molecule has 1 fully saturated rings. The number of hydrogen-bond acceptors (Lipinski definition) is 4. The van der Waals surface area contributed by atoms with Crippen molar-refractivity contribution in [1.82, 2.24) is 9.62 Å². The number of carbonyl (C=O) groups is 1. The van der Waals surface area contributed by atoms with Crippen LogP contribution < -0.4 is 10.0 Å². The summed E-state index contributed by atoms with van der Waals surface area (Å²) in [4.78, 5) is 14.8. The van der Waals surface area contributed by atoms with Crippen LogP contribution in [0.2, 0.25) is 0 Å². The fourth-order valence-corrected chi connectivity index (χ4v) is 6.54. The molecule has 7 heteroatoms. The fourth-order valence-electron chi connectivity index (χ4n) is 5.26. The molecular formula is C21H31N3O3S. The van der Waals surface area contributed by atoms with E-state index in [4.69, 9.17) is 0 Å². The van der Waals surface area contributed by atoms with Gasteiger partial charge in [-0.1, -0.05) is 6.07 Å². The van der Waals surface area contributed by atoms with Crippen LogP contribution in [-0.2, 0) is 35.7 Å². The van der Waals surface area contributed by atoms with Gasteiger partial charge in [-0.15, -0.1) is 0 Å². The van der Waals surface area contributed by atoms with Crippen LogP contribution in [0.3, 0.4) is 0 Å². The van der Waals surface area contributed by atoms with Gasteiger partial charge in [0.25, 0.3) is 0 Å². The first-order valence-electron chi connectivity index (χ1n) is 10.6. The predicted molar refractivity (Wildman–Crippen MR) is 111 cm³/mol. The summed E-state index contributed by atoms with van der Waals surface area (Å²) in [5.74, 6) is -0.0242. The molecule has 1 unspecified atom stereocenters. The summed E-state index contributed by atoms with van der Waals surface area (Å²) in [5.41, 5.74) is 5.92. The number of hydrogen-bond donors (Lipinski definition) is 2. The number of urea groups is 1. The number of fused-ring (bicyclic) bond motifs is 2. The molecule has 1 aromatic rings. The summed E-state index contributed by atoms with van der Waals surface area (Å²) in [6, 6.07) is 1.97. The lowest BCUT2D eigenvalue weighted by atomic mass is 9.99. The van der Waals surface area contributed by atoms with Crippen molar-refractivity contribution in [3.63, 3.8) is 0 Å². The van der Waals surface area contributed by atoms with E-state index in [0.717, 1.165) is 63.6 Å². The Morgan fingerprint density at radius 1 is 1.11 bits per heavy atom. The van der Waals surface area contributed by atoms with E-state index in [1.165, 1.54) is 22.3 Å². The van der Waals surface area contributed by atoms with Crippen molar-refractivity contribution in [3.05, 3.63) is 28.3 Å². The molecular weight excluding hydrogens is 374 g/mol. The summed E-state index contributed by atoms with van der Waals surface area (Å²) < 4.78 is 27.5. The maximum Gasteiger partial charge on any atom is 0.332 e. The van der Waals surface area contributed by atoms with Gasteiger partial charge >= 0.3 is 6.03 Å². The first-order chi connectivity index (χ1) is 13.3. The van der Waals surface area contributed by atoms with Gasteiger partial charge in [-0.2, -0.15) is 0 Å². The molecule has 1 aromatic carbocycles. The van der Waals surface area contributed by atoms with E-state index >= 15 is 0 Å². The van der Waals surface area contributed by atoms with Crippen LogP contribution in [-0.4, -0.2) is 43.7 Å². The number of aryl methyl sites for hydroxylation is 2. The first kappa shape index (κ1) is 19.7. The Labute approximate surface area is 168 Å². The number of carbonyl (C=O) groups excluding carboxylic acids is 1. The van der Waals surface area contributed by atoms with Crippen LogP contribution in [0.25, 0.3) is 0 Å². The summed E-state index contributed by atoms with van der Waals surface area (Å²) in [6.07, 6.45) is 8.06. The average Bonchev–Trinajstić information content (AvgIpc) is 3.32. The zero-order valence-corrected chi connectivity index (χ0v) is 17.7. The van der Waals surface area contributed by atoms with Crippen LogP contribution >= 0.6 is 0 Å². The van der Waals surface area contributed by atoms with Crippen molar-refractivity contribution >= 4 is 21.7 Å². The van der Waals surface area contributed by atoms with Gasteiger partial charge in [0, 0.05) is 17.8 Å². The molecule has 2 aliphatic carbocycles. The van der Waals surface area contributed by atoms with Gasteiger partial charge in [-0.25, -0.2) is 17.9 Å². The Morgan fingerprint density at radius 2 is 1.75 bits per heavy atom. The van der Waals surface area contributed by atoms with E-state index in [1.54, 1.807) is 0 Å². The van der Waals surface area contributed by atoms with E-state index in [9.17, 15) is 13.2 Å². The molecule has 2 N–H and O–H groups in total. The molecule has 2 amide bonds. The van der Waals surface area contributed by atoms with E-state index in [0.29, 0.717) is 6.04 Å². The Kier molecular flexibility index (Phi) is 5.40. The number of nitrogens with one attached hydrogen (secondary N) is 2. The molecule has 4 rings (SSSR count). The number of likely N-dealkylation sites (tertiary alicyclic amines) is 1. The van der Waals surface area contributed by atoms with Gasteiger partial charge in [-0.3, -0.25) is 4.90 Å². The Bertz CT molecular complexity index is 847. The maximum atomic E-state index is 12.6. The van der Waals surface area contributed by atoms with Crippen LogP contribution in [0.5, 0.6) is 0 Å². The molecule has 1 atom stereocenters. The molecule has 1 heterocycles. The topological polar surface area (TPSA) is 78.5 Å². The van der Waals surface area contributed by atoms with E-state index in [-0.39, 0.29) is 11.8 Å². The highest BCUT2D eigenvalue weighted by Gasteiger charge is 2.32. The molecule has 0 bridgehead atoms. The lowest BCUT2D eigenvalue weighted by Crippen LogP contribution is -2.44. The Hall–Kier alpha value is -1.60. The predicted octanol–water partition coefficient (Wildman–Crippen LogP) is 2.99. The minimum Gasteiger partial charge on any atom is -0.307 e. The largest absolute Gasteiger partial charge is 0.332 e. The highest BCUT2D eigenvalue weighted by molar-refractivity contribution is 7.90. The van der Waals surface area contributed by atoms with Crippen LogP contribution in [0.1, 0.15) is 61.8 Å². The minimum absolute atomic E-state index is 0.0180. The lowest BCUT2D eigenvalue weighted by molar-refractivity contribution is 0.217. The number of rotatable bonds is 5.